The minimum atomic E-state index is -0.321. The zero-order valence-electron chi connectivity index (χ0n) is 15.7. The number of hydrogen-bond donors (Lipinski definition) is 3. The highest BCUT2D eigenvalue weighted by Crippen LogP contribution is 2.33. The molecule has 2 aromatic carbocycles. The van der Waals surface area contributed by atoms with E-state index in [1.54, 1.807) is 12.1 Å². The van der Waals surface area contributed by atoms with Crippen molar-refractivity contribution < 1.29 is 14.7 Å². The van der Waals surface area contributed by atoms with Crippen LogP contribution in [0.5, 0.6) is 0 Å². The van der Waals surface area contributed by atoms with Gasteiger partial charge in [-0.05, 0) is 59.9 Å². The summed E-state index contributed by atoms with van der Waals surface area (Å²) < 4.78 is 0. The van der Waals surface area contributed by atoms with Crippen molar-refractivity contribution in [1.82, 2.24) is 4.98 Å². The predicted molar refractivity (Wildman–Crippen MR) is 109 cm³/mol. The van der Waals surface area contributed by atoms with Crippen molar-refractivity contribution >= 4 is 23.7 Å². The number of rotatable bonds is 6. The third-order valence-corrected chi connectivity index (χ3v) is 4.66. The Hall–Kier alpha value is -3.51. The molecule has 1 heterocycles. The minimum absolute atomic E-state index is 0.118. The molecule has 3 N–H and O–H groups in total. The molecule has 0 unspecified atom stereocenters. The Morgan fingerprint density at radius 2 is 1.64 bits per heavy atom. The molecular weight excluding hydrogens is 354 g/mol. The van der Waals surface area contributed by atoms with Crippen LogP contribution in [0.4, 0.5) is 11.4 Å². The molecule has 3 rings (SSSR count). The first-order chi connectivity index (χ1) is 13.5. The number of aromatic nitrogens is 1. The van der Waals surface area contributed by atoms with Gasteiger partial charge in [0.05, 0.1) is 6.61 Å². The van der Waals surface area contributed by atoms with Gasteiger partial charge in [0.25, 0.3) is 5.91 Å². The zero-order chi connectivity index (χ0) is 20.1. The second-order valence-corrected chi connectivity index (χ2v) is 6.38. The summed E-state index contributed by atoms with van der Waals surface area (Å²) >= 11 is 0. The largest absolute Gasteiger partial charge is 0.392 e. The maximum Gasteiger partial charge on any atom is 0.274 e. The van der Waals surface area contributed by atoms with Gasteiger partial charge >= 0.3 is 0 Å². The number of carbonyl (C=O) groups is 2. The van der Waals surface area contributed by atoms with Gasteiger partial charge in [-0.2, -0.15) is 0 Å². The Kier molecular flexibility index (Phi) is 5.81. The molecule has 3 aromatic rings. The summed E-state index contributed by atoms with van der Waals surface area (Å²) in [5, 5.41) is 14.7. The van der Waals surface area contributed by atoms with E-state index in [4.69, 9.17) is 5.11 Å². The van der Waals surface area contributed by atoms with Crippen molar-refractivity contribution in [1.29, 1.82) is 0 Å². The molecule has 28 heavy (non-hydrogen) atoms. The molecule has 0 aliphatic carbocycles. The summed E-state index contributed by atoms with van der Waals surface area (Å²) in [6.07, 6.45) is 2.14. The molecule has 0 aliphatic heterocycles. The van der Waals surface area contributed by atoms with E-state index in [-0.39, 0.29) is 18.2 Å². The summed E-state index contributed by atoms with van der Waals surface area (Å²) in [6.45, 7) is 3.76. The number of aliphatic hydroxyl groups is 1. The van der Waals surface area contributed by atoms with Gasteiger partial charge in [-0.3, -0.25) is 14.6 Å². The van der Waals surface area contributed by atoms with E-state index in [9.17, 15) is 9.59 Å². The van der Waals surface area contributed by atoms with Gasteiger partial charge in [-0.15, -0.1) is 0 Å². The summed E-state index contributed by atoms with van der Waals surface area (Å²) in [5.41, 5.74) is 6.15. The molecule has 0 radical (unpaired) electrons. The van der Waals surface area contributed by atoms with E-state index in [0.717, 1.165) is 27.9 Å². The van der Waals surface area contributed by atoms with Crippen molar-refractivity contribution in [2.75, 3.05) is 10.6 Å². The lowest BCUT2D eigenvalue weighted by molar-refractivity contribution is -0.105. The van der Waals surface area contributed by atoms with Crippen molar-refractivity contribution in [3.05, 3.63) is 77.1 Å². The van der Waals surface area contributed by atoms with E-state index in [0.29, 0.717) is 17.7 Å². The number of nitrogens with zero attached hydrogens (tertiary/aromatic N) is 1. The number of benzene rings is 2. The van der Waals surface area contributed by atoms with Crippen LogP contribution in [0.25, 0.3) is 11.1 Å². The second kappa shape index (κ2) is 8.45. The van der Waals surface area contributed by atoms with Crippen LogP contribution in [-0.4, -0.2) is 22.4 Å². The minimum Gasteiger partial charge on any atom is -0.392 e. The number of aliphatic hydroxyl groups excluding tert-OH is 1. The molecule has 2 amide bonds. The Labute approximate surface area is 163 Å². The van der Waals surface area contributed by atoms with Crippen LogP contribution in [0.2, 0.25) is 0 Å². The van der Waals surface area contributed by atoms with Gasteiger partial charge in [0, 0.05) is 17.6 Å². The van der Waals surface area contributed by atoms with Gasteiger partial charge in [0.15, 0.2) is 0 Å². The third kappa shape index (κ3) is 3.92. The van der Waals surface area contributed by atoms with E-state index in [2.05, 4.69) is 15.6 Å². The van der Waals surface area contributed by atoms with Gasteiger partial charge in [0.2, 0.25) is 6.41 Å². The molecular formula is C22H21N3O3. The normalized spacial score (nSPS) is 10.4. The Morgan fingerprint density at radius 3 is 2.21 bits per heavy atom. The lowest BCUT2D eigenvalue weighted by atomic mass is 9.94. The second-order valence-electron chi connectivity index (χ2n) is 6.38. The van der Waals surface area contributed by atoms with Crippen molar-refractivity contribution in [2.45, 2.75) is 20.5 Å². The van der Waals surface area contributed by atoms with Crippen LogP contribution in [0.3, 0.4) is 0 Å². The quantitative estimate of drug-likeness (QED) is 0.573. The van der Waals surface area contributed by atoms with Gasteiger partial charge < -0.3 is 15.7 Å². The molecule has 6 nitrogen and oxygen atoms in total. The highest BCUT2D eigenvalue weighted by Gasteiger charge is 2.13. The maximum absolute atomic E-state index is 12.5. The molecule has 142 valence electrons. The van der Waals surface area contributed by atoms with Crippen LogP contribution in [0, 0.1) is 13.8 Å². The lowest BCUT2D eigenvalue weighted by Crippen LogP contribution is -2.14. The summed E-state index contributed by atoms with van der Waals surface area (Å²) in [7, 11) is 0. The monoisotopic (exact) mass is 375 g/mol. The van der Waals surface area contributed by atoms with Crippen molar-refractivity contribution in [2.24, 2.45) is 0 Å². The first-order valence-electron chi connectivity index (χ1n) is 8.82. The van der Waals surface area contributed by atoms with Gasteiger partial charge in [-0.1, -0.05) is 30.3 Å². The SMILES string of the molecule is Cc1c(NC=O)cccc1-c1cccc(NC(=O)c2ccc(CO)cn2)c1C. The third-order valence-electron chi connectivity index (χ3n) is 4.66. The molecule has 0 bridgehead atoms. The van der Waals surface area contributed by atoms with Crippen molar-refractivity contribution in [3.8, 4) is 11.1 Å². The molecule has 0 saturated carbocycles. The Bertz CT molecular complexity index is 1010. The van der Waals surface area contributed by atoms with Gasteiger partial charge in [0.1, 0.15) is 5.69 Å². The van der Waals surface area contributed by atoms with E-state index in [1.165, 1.54) is 6.20 Å². The standard InChI is InChI=1S/C22H21N3O3/c1-14-17(5-3-7-19(14)24-13-27)18-6-4-8-20(15(18)2)25-22(28)21-10-9-16(12-26)11-23-21/h3-11,13,26H,12H2,1-2H3,(H,24,27)(H,25,28). The van der Waals surface area contributed by atoms with E-state index in [1.807, 2.05) is 50.2 Å². The molecule has 0 aliphatic rings. The fourth-order valence-electron chi connectivity index (χ4n) is 3.05. The first-order valence-corrected chi connectivity index (χ1v) is 8.82. The predicted octanol–water partition coefficient (Wildman–Crippen LogP) is 3.68. The number of carbonyl (C=O) groups excluding carboxylic acids is 2. The average Bonchev–Trinajstić information content (AvgIpc) is 2.71. The Morgan fingerprint density at radius 1 is 1.00 bits per heavy atom. The number of anilines is 2. The molecule has 0 fully saturated rings. The molecule has 0 spiro atoms. The molecule has 6 heteroatoms. The maximum atomic E-state index is 12.5. The number of amides is 2. The molecule has 1 aromatic heterocycles. The molecule has 0 saturated heterocycles. The summed E-state index contributed by atoms with van der Waals surface area (Å²) in [6, 6.07) is 14.6. The van der Waals surface area contributed by atoms with Crippen LogP contribution in [0.15, 0.2) is 54.7 Å². The average molecular weight is 375 g/mol. The summed E-state index contributed by atoms with van der Waals surface area (Å²) in [4.78, 5) is 27.4. The summed E-state index contributed by atoms with van der Waals surface area (Å²) in [5.74, 6) is -0.321. The van der Waals surface area contributed by atoms with Crippen LogP contribution in [-0.2, 0) is 11.4 Å². The number of pyridine rings is 1. The zero-order valence-corrected chi connectivity index (χ0v) is 15.7. The Balaban J connectivity index is 1.92. The van der Waals surface area contributed by atoms with Crippen LogP contribution < -0.4 is 10.6 Å². The fourth-order valence-corrected chi connectivity index (χ4v) is 3.05. The highest BCUT2D eigenvalue weighted by molar-refractivity contribution is 6.03. The fraction of sp³-hybridized carbons (Fsp3) is 0.136. The lowest BCUT2D eigenvalue weighted by Gasteiger charge is -2.16. The molecule has 0 atom stereocenters. The van der Waals surface area contributed by atoms with Crippen LogP contribution in [0.1, 0.15) is 27.2 Å². The van der Waals surface area contributed by atoms with Crippen molar-refractivity contribution in [3.63, 3.8) is 0 Å². The topological polar surface area (TPSA) is 91.3 Å². The highest BCUT2D eigenvalue weighted by atomic mass is 16.3. The number of nitrogens with one attached hydrogen (secondary N) is 2. The van der Waals surface area contributed by atoms with E-state index >= 15 is 0 Å². The van der Waals surface area contributed by atoms with Gasteiger partial charge in [-0.25, -0.2) is 0 Å². The number of hydrogen-bond acceptors (Lipinski definition) is 4. The van der Waals surface area contributed by atoms with E-state index < -0.39 is 0 Å². The smallest absolute Gasteiger partial charge is 0.274 e. The first kappa shape index (κ1) is 19.3. The van der Waals surface area contributed by atoms with Crippen LogP contribution >= 0.6 is 0 Å².